The number of anilines is 1. The highest BCUT2D eigenvalue weighted by molar-refractivity contribution is 6.30. The summed E-state index contributed by atoms with van der Waals surface area (Å²) in [5.74, 6) is 0.541. The molecule has 1 aromatic heterocycles. The summed E-state index contributed by atoms with van der Waals surface area (Å²) in [7, 11) is 0. The smallest absolute Gasteiger partial charge is 0.259 e. The summed E-state index contributed by atoms with van der Waals surface area (Å²) in [5, 5.41) is 8.29. The molecule has 2 saturated heterocycles. The van der Waals surface area contributed by atoms with Crippen LogP contribution in [0.2, 0.25) is 5.02 Å². The van der Waals surface area contributed by atoms with Gasteiger partial charge < -0.3 is 9.64 Å². The molecule has 3 aliphatic rings. The number of nitrogens with zero attached hydrogens (tertiary/aromatic N) is 5. The zero-order valence-corrected chi connectivity index (χ0v) is 23.0. The Morgan fingerprint density at radius 3 is 2.54 bits per heavy atom. The van der Waals surface area contributed by atoms with E-state index in [9.17, 15) is 0 Å². The van der Waals surface area contributed by atoms with E-state index in [0.29, 0.717) is 18.0 Å². The molecule has 4 heterocycles. The minimum absolute atomic E-state index is 0.288. The average molecular weight is 526 g/mol. The predicted molar refractivity (Wildman–Crippen MR) is 150 cm³/mol. The lowest BCUT2D eigenvalue weighted by atomic mass is 9.97. The van der Waals surface area contributed by atoms with Gasteiger partial charge in [-0.2, -0.15) is 0 Å². The van der Waals surface area contributed by atoms with E-state index in [-0.39, 0.29) is 6.35 Å². The SMILES string of the molecule is CCNC1NN=C(c2ccc(N3CCN(C4CCN(Cc5ccc(Cl)cc5)CC4)[C@@H](CC)C3)c(C)n2)O1. The number of hydrogen-bond donors (Lipinski definition) is 2. The molecular weight excluding hydrogens is 486 g/mol. The summed E-state index contributed by atoms with van der Waals surface area (Å²) in [6.07, 6.45) is 3.35. The lowest BCUT2D eigenvalue weighted by Crippen LogP contribution is -2.58. The first-order valence-electron chi connectivity index (χ1n) is 13.7. The molecule has 0 bridgehead atoms. The Bertz CT molecular complexity index is 1070. The number of ether oxygens (including phenoxy) is 1. The van der Waals surface area contributed by atoms with E-state index in [0.717, 1.165) is 68.6 Å². The normalized spacial score (nSPS) is 23.6. The number of rotatable bonds is 8. The summed E-state index contributed by atoms with van der Waals surface area (Å²) in [6, 6.07) is 13.7. The van der Waals surface area contributed by atoms with Gasteiger partial charge in [-0.25, -0.2) is 4.98 Å². The number of aryl methyl sites for hydroxylation is 1. The van der Waals surface area contributed by atoms with Gasteiger partial charge in [0.2, 0.25) is 6.35 Å². The van der Waals surface area contributed by atoms with Crippen LogP contribution in [0.4, 0.5) is 5.69 Å². The Balaban J connectivity index is 1.16. The molecular formula is C28H40ClN7O. The molecule has 9 heteroatoms. The van der Waals surface area contributed by atoms with Gasteiger partial charge in [-0.15, -0.1) is 5.10 Å². The third-order valence-electron chi connectivity index (χ3n) is 7.87. The Labute approximate surface area is 226 Å². The van der Waals surface area contributed by atoms with Gasteiger partial charge in [0.1, 0.15) is 5.69 Å². The quantitative estimate of drug-likeness (QED) is 0.543. The first-order valence-corrected chi connectivity index (χ1v) is 14.1. The van der Waals surface area contributed by atoms with Gasteiger partial charge in [-0.3, -0.25) is 20.5 Å². The predicted octanol–water partition coefficient (Wildman–Crippen LogP) is 3.78. The molecule has 8 nitrogen and oxygen atoms in total. The van der Waals surface area contributed by atoms with Crippen molar-refractivity contribution in [1.82, 2.24) is 25.5 Å². The van der Waals surface area contributed by atoms with Gasteiger partial charge in [-0.05, 0) is 75.6 Å². The van der Waals surface area contributed by atoms with Gasteiger partial charge in [-0.1, -0.05) is 37.6 Å². The molecule has 0 spiro atoms. The van der Waals surface area contributed by atoms with Crippen LogP contribution in [0.25, 0.3) is 0 Å². The van der Waals surface area contributed by atoms with Crippen molar-refractivity contribution in [1.29, 1.82) is 0 Å². The van der Waals surface area contributed by atoms with Crippen molar-refractivity contribution in [3.63, 3.8) is 0 Å². The Hall–Kier alpha value is -2.39. The van der Waals surface area contributed by atoms with Crippen LogP contribution in [0.3, 0.4) is 0 Å². The number of nitrogens with one attached hydrogen (secondary N) is 2. The zero-order valence-electron chi connectivity index (χ0n) is 22.3. The summed E-state index contributed by atoms with van der Waals surface area (Å²) < 4.78 is 5.83. The summed E-state index contributed by atoms with van der Waals surface area (Å²) in [6.45, 7) is 13.8. The lowest BCUT2D eigenvalue weighted by molar-refractivity contribution is 0.0612. The van der Waals surface area contributed by atoms with Crippen molar-refractivity contribution < 1.29 is 4.74 Å². The van der Waals surface area contributed by atoms with Crippen molar-refractivity contribution >= 4 is 23.2 Å². The molecule has 0 amide bonds. The number of piperidine rings is 1. The largest absolute Gasteiger partial charge is 0.436 e. The van der Waals surface area contributed by atoms with Gasteiger partial charge in [0.15, 0.2) is 0 Å². The first kappa shape index (κ1) is 26.2. The molecule has 0 saturated carbocycles. The fourth-order valence-electron chi connectivity index (χ4n) is 5.87. The molecule has 2 N–H and O–H groups in total. The van der Waals surface area contributed by atoms with E-state index in [1.807, 2.05) is 25.1 Å². The number of halogens is 1. The van der Waals surface area contributed by atoms with Crippen LogP contribution >= 0.6 is 11.6 Å². The number of pyridine rings is 1. The Kier molecular flexibility index (Phi) is 8.49. The second-order valence-electron chi connectivity index (χ2n) is 10.3. The van der Waals surface area contributed by atoms with Crippen LogP contribution in [-0.2, 0) is 11.3 Å². The standard InChI is InChI=1S/C28H40ClN7O/c1-4-23-19-35(26-11-10-25(31-20(26)3)27-32-33-28(37-27)30-5-2)16-17-36(23)24-12-14-34(15-13-24)18-21-6-8-22(29)9-7-21/h6-11,23-24,28,30,33H,4-5,12-19H2,1-3H3/t23-,28?/m0/s1. The summed E-state index contributed by atoms with van der Waals surface area (Å²) >= 11 is 6.05. The number of hydrazone groups is 1. The molecule has 3 aliphatic heterocycles. The molecule has 2 aromatic rings. The highest BCUT2D eigenvalue weighted by Crippen LogP contribution is 2.28. The molecule has 2 fully saturated rings. The molecule has 200 valence electrons. The number of benzene rings is 1. The van der Waals surface area contributed by atoms with Crippen LogP contribution in [0.15, 0.2) is 41.5 Å². The first-order chi connectivity index (χ1) is 18.0. The molecule has 1 aromatic carbocycles. The van der Waals surface area contributed by atoms with Gasteiger partial charge in [0, 0.05) is 43.3 Å². The minimum Gasteiger partial charge on any atom is -0.436 e. The van der Waals surface area contributed by atoms with Crippen LogP contribution in [0, 0.1) is 6.92 Å². The minimum atomic E-state index is -0.288. The third kappa shape index (κ3) is 6.20. The second kappa shape index (κ2) is 12.0. The van der Waals surface area contributed by atoms with E-state index < -0.39 is 0 Å². The molecule has 0 radical (unpaired) electrons. The number of hydrogen-bond acceptors (Lipinski definition) is 8. The van der Waals surface area contributed by atoms with Crippen LogP contribution in [-0.4, -0.2) is 78.4 Å². The molecule has 1 unspecified atom stereocenters. The maximum Gasteiger partial charge on any atom is 0.259 e. The molecule has 2 atom stereocenters. The topological polar surface area (TPSA) is 68.3 Å². The highest BCUT2D eigenvalue weighted by Gasteiger charge is 2.33. The van der Waals surface area contributed by atoms with E-state index in [4.69, 9.17) is 21.3 Å². The van der Waals surface area contributed by atoms with Crippen LogP contribution in [0.1, 0.15) is 50.1 Å². The van der Waals surface area contributed by atoms with Crippen LogP contribution < -0.4 is 15.6 Å². The fraction of sp³-hybridized carbons (Fsp3) is 0.571. The van der Waals surface area contributed by atoms with Crippen molar-refractivity contribution in [2.45, 2.75) is 65.0 Å². The number of aromatic nitrogens is 1. The van der Waals surface area contributed by atoms with Crippen molar-refractivity contribution in [2.75, 3.05) is 44.2 Å². The van der Waals surface area contributed by atoms with E-state index >= 15 is 0 Å². The highest BCUT2D eigenvalue weighted by atomic mass is 35.5. The summed E-state index contributed by atoms with van der Waals surface area (Å²) in [4.78, 5) is 12.7. The number of piperazine rings is 1. The molecule has 5 rings (SSSR count). The Morgan fingerprint density at radius 2 is 1.84 bits per heavy atom. The van der Waals surface area contributed by atoms with Crippen molar-refractivity contribution in [3.8, 4) is 0 Å². The van der Waals surface area contributed by atoms with Crippen molar-refractivity contribution in [3.05, 3.63) is 58.4 Å². The third-order valence-corrected chi connectivity index (χ3v) is 8.12. The average Bonchev–Trinajstić information content (AvgIpc) is 3.39. The monoisotopic (exact) mass is 525 g/mol. The maximum atomic E-state index is 6.05. The molecule has 37 heavy (non-hydrogen) atoms. The maximum absolute atomic E-state index is 6.05. The second-order valence-corrected chi connectivity index (χ2v) is 10.7. The van der Waals surface area contributed by atoms with E-state index in [2.05, 4.69) is 62.6 Å². The lowest BCUT2D eigenvalue weighted by Gasteiger charge is -2.48. The van der Waals surface area contributed by atoms with E-state index in [1.165, 1.54) is 24.1 Å². The molecule has 0 aliphatic carbocycles. The fourth-order valence-corrected chi connectivity index (χ4v) is 5.99. The van der Waals surface area contributed by atoms with Gasteiger partial charge >= 0.3 is 0 Å². The van der Waals surface area contributed by atoms with Gasteiger partial charge in [0.25, 0.3) is 5.90 Å². The van der Waals surface area contributed by atoms with Crippen LogP contribution in [0.5, 0.6) is 0 Å². The van der Waals surface area contributed by atoms with Crippen molar-refractivity contribution in [2.24, 2.45) is 5.10 Å². The van der Waals surface area contributed by atoms with E-state index in [1.54, 1.807) is 0 Å². The number of likely N-dealkylation sites (tertiary alicyclic amines) is 1. The summed E-state index contributed by atoms with van der Waals surface area (Å²) in [5.41, 5.74) is 7.31. The Morgan fingerprint density at radius 1 is 1.05 bits per heavy atom. The zero-order chi connectivity index (χ0) is 25.8. The van der Waals surface area contributed by atoms with Gasteiger partial charge in [0.05, 0.1) is 11.4 Å².